The van der Waals surface area contributed by atoms with Gasteiger partial charge < -0.3 is 36.5 Å². The molecule has 12 heteroatoms. The molecular weight excluding hydrogens is 684 g/mol. The standard InChI is InChI=1S/C42H58N6O6/c1-29(2)33(19-12-20-39(50)44-22-21-30-13-6-3-7-14-30)25-38(49)35(23-31-15-8-4-9-16-31)46-41(52)37(26-34-27-43-28-45-34)47-40(51)36(48-42(53)54)24-32-17-10-5-11-18-32/h3,5-7,10-14,17-18,20,27-29,31,33,35-38,48-49H,4,8-9,15-16,19,21-26H2,1-2H3,(H,43,45)(H,44,50)(H,46,52)(H,47,51)(H,53,54)/b20-12+/t33-,35-,36?,37-,38+/m0/s1. The highest BCUT2D eigenvalue weighted by molar-refractivity contribution is 5.91. The number of allylic oxidation sites excluding steroid dienone is 1. The second-order valence-corrected chi connectivity index (χ2v) is 14.9. The Morgan fingerprint density at radius 1 is 0.870 bits per heavy atom. The Labute approximate surface area is 319 Å². The number of carboxylic acid groups (broad SMARTS) is 1. The fourth-order valence-corrected chi connectivity index (χ4v) is 7.18. The first-order valence-electron chi connectivity index (χ1n) is 19.3. The lowest BCUT2D eigenvalue weighted by atomic mass is 9.80. The lowest BCUT2D eigenvalue weighted by Gasteiger charge is -2.33. The number of aromatic nitrogens is 2. The van der Waals surface area contributed by atoms with Gasteiger partial charge in [-0.25, -0.2) is 9.78 Å². The van der Waals surface area contributed by atoms with E-state index >= 15 is 0 Å². The summed E-state index contributed by atoms with van der Waals surface area (Å²) in [4.78, 5) is 59.0. The van der Waals surface area contributed by atoms with Gasteiger partial charge in [0.1, 0.15) is 12.1 Å². The van der Waals surface area contributed by atoms with Gasteiger partial charge in [0.2, 0.25) is 17.7 Å². The van der Waals surface area contributed by atoms with Crippen molar-refractivity contribution in [2.75, 3.05) is 6.54 Å². The Bertz CT molecular complexity index is 1590. The van der Waals surface area contributed by atoms with Gasteiger partial charge in [-0.2, -0.15) is 0 Å². The molecule has 4 rings (SSSR count). The van der Waals surface area contributed by atoms with Gasteiger partial charge in [-0.1, -0.05) is 113 Å². The van der Waals surface area contributed by atoms with Crippen molar-refractivity contribution in [2.45, 2.75) is 109 Å². The molecule has 0 radical (unpaired) electrons. The molecule has 1 unspecified atom stereocenters. The number of benzene rings is 2. The maximum absolute atomic E-state index is 14.1. The molecular formula is C42H58N6O6. The fraction of sp³-hybridized carbons (Fsp3) is 0.500. The zero-order chi connectivity index (χ0) is 38.7. The Morgan fingerprint density at radius 3 is 2.15 bits per heavy atom. The van der Waals surface area contributed by atoms with Crippen molar-refractivity contribution < 1.29 is 29.4 Å². The van der Waals surface area contributed by atoms with Crippen LogP contribution in [-0.2, 0) is 33.6 Å². The summed E-state index contributed by atoms with van der Waals surface area (Å²) in [6.45, 7) is 4.72. The van der Waals surface area contributed by atoms with Crippen LogP contribution in [0.15, 0.2) is 85.3 Å². The van der Waals surface area contributed by atoms with Crippen LogP contribution in [-0.4, -0.2) is 74.8 Å². The summed E-state index contributed by atoms with van der Waals surface area (Å²) in [6.07, 6.45) is 12.2. The molecule has 1 aliphatic rings. The minimum absolute atomic E-state index is 0.0421. The van der Waals surface area contributed by atoms with Crippen molar-refractivity contribution in [1.29, 1.82) is 0 Å². The predicted octanol–water partition coefficient (Wildman–Crippen LogP) is 5.10. The van der Waals surface area contributed by atoms with Crippen LogP contribution in [0.4, 0.5) is 4.79 Å². The highest BCUT2D eigenvalue weighted by atomic mass is 16.4. The molecule has 4 amide bonds. The first-order valence-corrected chi connectivity index (χ1v) is 19.3. The van der Waals surface area contributed by atoms with Gasteiger partial charge >= 0.3 is 6.09 Å². The summed E-state index contributed by atoms with van der Waals surface area (Å²) in [5.41, 5.74) is 2.53. The van der Waals surface area contributed by atoms with Crippen molar-refractivity contribution in [2.24, 2.45) is 17.8 Å². The third-order valence-corrected chi connectivity index (χ3v) is 10.4. The average molecular weight is 743 g/mol. The summed E-state index contributed by atoms with van der Waals surface area (Å²) >= 11 is 0. The molecule has 5 atom stereocenters. The summed E-state index contributed by atoms with van der Waals surface area (Å²) in [7, 11) is 0. The van der Waals surface area contributed by atoms with E-state index in [1.165, 1.54) is 12.7 Å². The highest BCUT2D eigenvalue weighted by Gasteiger charge is 2.33. The number of rotatable bonds is 21. The number of carbonyl (C=O) groups is 4. The van der Waals surface area contributed by atoms with Crippen LogP contribution < -0.4 is 21.3 Å². The van der Waals surface area contributed by atoms with Crippen LogP contribution in [0.5, 0.6) is 0 Å². The largest absolute Gasteiger partial charge is 0.465 e. The SMILES string of the molecule is CC(C)[C@@H](C/C=C/C(=O)NCCc1ccccc1)C[C@@H](O)[C@H](CC1CCCCC1)NC(=O)[C@H](Cc1cnc[nH]1)NC(=O)C(Cc1ccccc1)NC(=O)O. The molecule has 1 fully saturated rings. The summed E-state index contributed by atoms with van der Waals surface area (Å²) < 4.78 is 0. The van der Waals surface area contributed by atoms with Crippen LogP contribution in [0.3, 0.4) is 0 Å². The lowest BCUT2D eigenvalue weighted by Crippen LogP contribution is -2.57. The molecule has 0 spiro atoms. The third-order valence-electron chi connectivity index (χ3n) is 10.4. The minimum Gasteiger partial charge on any atom is -0.465 e. The van der Waals surface area contributed by atoms with Crippen molar-refractivity contribution >= 4 is 23.8 Å². The first kappa shape index (κ1) is 41.8. The van der Waals surface area contributed by atoms with Crippen LogP contribution >= 0.6 is 0 Å². The Kier molecular flexibility index (Phi) is 17.2. The van der Waals surface area contributed by atoms with E-state index in [1.807, 2.05) is 54.6 Å². The topological polar surface area (TPSA) is 186 Å². The molecule has 12 nitrogen and oxygen atoms in total. The van der Waals surface area contributed by atoms with E-state index in [0.717, 1.165) is 43.2 Å². The van der Waals surface area contributed by atoms with E-state index in [0.29, 0.717) is 37.4 Å². The van der Waals surface area contributed by atoms with E-state index in [9.17, 15) is 29.4 Å². The van der Waals surface area contributed by atoms with E-state index < -0.39 is 42.1 Å². The molecule has 2 aromatic carbocycles. The predicted molar refractivity (Wildman–Crippen MR) is 208 cm³/mol. The molecule has 1 heterocycles. The van der Waals surface area contributed by atoms with E-state index in [-0.39, 0.29) is 30.6 Å². The van der Waals surface area contributed by atoms with Crippen LogP contribution in [0.25, 0.3) is 0 Å². The van der Waals surface area contributed by atoms with Gasteiger partial charge in [-0.3, -0.25) is 14.4 Å². The average Bonchev–Trinajstić information content (AvgIpc) is 3.68. The Balaban J connectivity index is 1.44. The lowest BCUT2D eigenvalue weighted by molar-refractivity contribution is -0.131. The number of hydrogen-bond donors (Lipinski definition) is 7. The van der Waals surface area contributed by atoms with Crippen molar-refractivity contribution in [1.82, 2.24) is 31.2 Å². The fourth-order valence-electron chi connectivity index (χ4n) is 7.18. The number of aliphatic hydroxyl groups excluding tert-OH is 1. The molecule has 1 saturated carbocycles. The zero-order valence-corrected chi connectivity index (χ0v) is 31.6. The van der Waals surface area contributed by atoms with Crippen molar-refractivity contribution in [3.63, 3.8) is 0 Å². The first-order chi connectivity index (χ1) is 26.1. The molecule has 292 valence electrons. The summed E-state index contributed by atoms with van der Waals surface area (Å²) in [5.74, 6) is -0.689. The highest BCUT2D eigenvalue weighted by Crippen LogP contribution is 2.30. The maximum Gasteiger partial charge on any atom is 0.405 e. The quantitative estimate of drug-likeness (QED) is 0.0741. The normalized spacial score (nSPS) is 16.2. The molecule has 7 N–H and O–H groups in total. The number of aromatic amines is 1. The second-order valence-electron chi connectivity index (χ2n) is 14.9. The van der Waals surface area contributed by atoms with Gasteiger partial charge in [0.05, 0.1) is 18.5 Å². The number of carbonyl (C=O) groups excluding carboxylic acids is 3. The van der Waals surface area contributed by atoms with E-state index in [1.54, 1.807) is 24.4 Å². The van der Waals surface area contributed by atoms with E-state index in [4.69, 9.17) is 0 Å². The maximum atomic E-state index is 14.1. The number of imidazole rings is 1. The molecule has 54 heavy (non-hydrogen) atoms. The Hall–Kier alpha value is -4.97. The van der Waals surface area contributed by atoms with Gasteiger partial charge in [0.15, 0.2) is 0 Å². The van der Waals surface area contributed by atoms with Crippen molar-refractivity contribution in [3.8, 4) is 0 Å². The van der Waals surface area contributed by atoms with Crippen LogP contribution in [0.2, 0.25) is 0 Å². The summed E-state index contributed by atoms with van der Waals surface area (Å²) in [6, 6.07) is 16.2. The molecule has 3 aromatic rings. The zero-order valence-electron chi connectivity index (χ0n) is 31.6. The number of nitrogens with zero attached hydrogens (tertiary/aromatic N) is 1. The number of nitrogens with one attached hydrogen (secondary N) is 5. The molecule has 1 aliphatic carbocycles. The second kappa shape index (κ2) is 22.3. The van der Waals surface area contributed by atoms with Gasteiger partial charge in [-0.05, 0) is 60.6 Å². The number of H-pyrrole nitrogens is 1. The van der Waals surface area contributed by atoms with Crippen LogP contribution in [0.1, 0.15) is 82.0 Å². The number of amides is 4. The third kappa shape index (κ3) is 14.8. The van der Waals surface area contributed by atoms with Gasteiger partial charge in [-0.15, -0.1) is 0 Å². The van der Waals surface area contributed by atoms with Gasteiger partial charge in [0.25, 0.3) is 0 Å². The monoisotopic (exact) mass is 742 g/mol. The minimum atomic E-state index is -1.35. The van der Waals surface area contributed by atoms with E-state index in [2.05, 4.69) is 45.1 Å². The number of aliphatic hydroxyl groups is 1. The molecule has 0 aliphatic heterocycles. The van der Waals surface area contributed by atoms with Gasteiger partial charge in [0, 0.05) is 31.3 Å². The number of hydrogen-bond acceptors (Lipinski definition) is 6. The molecule has 1 aromatic heterocycles. The molecule has 0 bridgehead atoms. The van der Waals surface area contributed by atoms with Crippen LogP contribution in [0, 0.1) is 17.8 Å². The summed E-state index contributed by atoms with van der Waals surface area (Å²) in [5, 5.41) is 32.5. The smallest absolute Gasteiger partial charge is 0.405 e. The Morgan fingerprint density at radius 2 is 1.52 bits per heavy atom. The van der Waals surface area contributed by atoms with Crippen molar-refractivity contribution in [3.05, 3.63) is 102 Å². The molecule has 0 saturated heterocycles.